The summed E-state index contributed by atoms with van der Waals surface area (Å²) in [5, 5.41) is 0. The van der Waals surface area contributed by atoms with Gasteiger partial charge in [-0.15, -0.1) is 0 Å². The summed E-state index contributed by atoms with van der Waals surface area (Å²) >= 11 is 3.34. The molecule has 0 radical (unpaired) electrons. The van der Waals surface area contributed by atoms with Gasteiger partial charge in [0.05, 0.1) is 4.90 Å². The number of hydrogen-bond acceptors (Lipinski definition) is 2. The Morgan fingerprint density at radius 3 is 2.55 bits per heavy atom. The normalized spacial score (nSPS) is 27.5. The molecule has 3 atom stereocenters. The number of hydrogen-bond donors (Lipinski definition) is 1. The summed E-state index contributed by atoms with van der Waals surface area (Å²) in [4.78, 5) is 0.373. The lowest BCUT2D eigenvalue weighted by molar-refractivity contribution is 0.242. The summed E-state index contributed by atoms with van der Waals surface area (Å²) in [6.45, 7) is 6.27. The number of halogens is 1. The van der Waals surface area contributed by atoms with Crippen molar-refractivity contribution >= 4 is 26.0 Å². The van der Waals surface area contributed by atoms with Gasteiger partial charge in [0.1, 0.15) is 0 Å². The van der Waals surface area contributed by atoms with E-state index in [0.29, 0.717) is 16.7 Å². The Hall–Kier alpha value is -0.390. The molecule has 5 heteroatoms. The molecular weight excluding hydrogens is 338 g/mol. The summed E-state index contributed by atoms with van der Waals surface area (Å²) in [5.74, 6) is 1.25. The Balaban J connectivity index is 2.17. The molecule has 1 fully saturated rings. The monoisotopic (exact) mass is 359 g/mol. The van der Waals surface area contributed by atoms with Crippen LogP contribution in [-0.2, 0) is 10.0 Å². The fourth-order valence-electron chi connectivity index (χ4n) is 2.80. The van der Waals surface area contributed by atoms with E-state index in [4.69, 9.17) is 0 Å². The van der Waals surface area contributed by atoms with Gasteiger partial charge in [0.25, 0.3) is 0 Å². The molecule has 0 bridgehead atoms. The molecule has 3 unspecified atom stereocenters. The zero-order valence-corrected chi connectivity index (χ0v) is 14.6. The van der Waals surface area contributed by atoms with Crippen molar-refractivity contribution in [2.75, 3.05) is 0 Å². The van der Waals surface area contributed by atoms with Gasteiger partial charge < -0.3 is 0 Å². The number of nitrogens with one attached hydrogen (secondary N) is 1. The van der Waals surface area contributed by atoms with E-state index in [1.165, 1.54) is 0 Å². The quantitative estimate of drug-likeness (QED) is 0.890. The topological polar surface area (TPSA) is 46.2 Å². The van der Waals surface area contributed by atoms with Crippen LogP contribution >= 0.6 is 15.9 Å². The Labute approximate surface area is 130 Å². The molecular formula is C15H22BrNO2S. The molecule has 2 rings (SSSR count). The van der Waals surface area contributed by atoms with E-state index in [1.807, 2.05) is 19.1 Å². The second kappa shape index (κ2) is 6.16. The molecule has 0 heterocycles. The lowest BCUT2D eigenvalue weighted by atomic mass is 9.79. The first-order chi connectivity index (χ1) is 9.29. The van der Waals surface area contributed by atoms with Gasteiger partial charge in [-0.25, -0.2) is 13.1 Å². The van der Waals surface area contributed by atoms with Crippen molar-refractivity contribution in [2.45, 2.75) is 51.0 Å². The van der Waals surface area contributed by atoms with Gasteiger partial charge in [-0.1, -0.05) is 35.8 Å². The Kier molecular flexibility index (Phi) is 4.92. The van der Waals surface area contributed by atoms with E-state index in [9.17, 15) is 8.42 Å². The predicted molar refractivity (Wildman–Crippen MR) is 85.2 cm³/mol. The van der Waals surface area contributed by atoms with Crippen molar-refractivity contribution in [3.63, 3.8) is 0 Å². The average molecular weight is 360 g/mol. The van der Waals surface area contributed by atoms with Crippen molar-refractivity contribution < 1.29 is 8.42 Å². The van der Waals surface area contributed by atoms with E-state index in [-0.39, 0.29) is 6.04 Å². The van der Waals surface area contributed by atoms with Crippen LogP contribution in [0.2, 0.25) is 0 Å². The van der Waals surface area contributed by atoms with Crippen LogP contribution in [-0.4, -0.2) is 14.5 Å². The maximum absolute atomic E-state index is 12.5. The minimum atomic E-state index is -3.43. The van der Waals surface area contributed by atoms with Gasteiger partial charge >= 0.3 is 0 Å². The smallest absolute Gasteiger partial charge is 0.208 e. The first kappa shape index (κ1) is 16.0. The van der Waals surface area contributed by atoms with Gasteiger partial charge in [0.2, 0.25) is 10.0 Å². The predicted octanol–water partition coefficient (Wildman–Crippen LogP) is 3.86. The van der Waals surface area contributed by atoms with Crippen LogP contribution < -0.4 is 4.72 Å². The largest absolute Gasteiger partial charge is 0.241 e. The summed E-state index contributed by atoms with van der Waals surface area (Å²) in [6.07, 6.45) is 2.94. The van der Waals surface area contributed by atoms with Crippen LogP contribution in [0, 0.1) is 18.8 Å². The van der Waals surface area contributed by atoms with Crippen molar-refractivity contribution in [1.82, 2.24) is 4.72 Å². The van der Waals surface area contributed by atoms with Crippen LogP contribution in [0.1, 0.15) is 38.7 Å². The van der Waals surface area contributed by atoms with E-state index in [1.54, 1.807) is 6.07 Å². The first-order valence-electron chi connectivity index (χ1n) is 7.08. The molecule has 0 amide bonds. The molecule has 0 saturated heterocycles. The van der Waals surface area contributed by atoms with Gasteiger partial charge in [-0.2, -0.15) is 0 Å². The van der Waals surface area contributed by atoms with Crippen LogP contribution in [0.15, 0.2) is 27.6 Å². The number of aryl methyl sites for hydroxylation is 1. The Bertz CT molecular complexity index is 586. The maximum Gasteiger partial charge on any atom is 0.241 e. The molecule has 1 aromatic rings. The molecule has 0 spiro atoms. The zero-order chi connectivity index (χ0) is 14.9. The summed E-state index contributed by atoms with van der Waals surface area (Å²) in [6, 6.07) is 5.42. The van der Waals surface area contributed by atoms with Crippen LogP contribution in [0.5, 0.6) is 0 Å². The molecule has 112 valence electrons. The fourth-order valence-corrected chi connectivity index (χ4v) is 4.87. The zero-order valence-electron chi connectivity index (χ0n) is 12.2. The summed E-state index contributed by atoms with van der Waals surface area (Å²) in [7, 11) is -3.43. The summed E-state index contributed by atoms with van der Waals surface area (Å²) < 4.78 is 28.7. The van der Waals surface area contributed by atoms with Gasteiger partial charge in [-0.05, 0) is 55.7 Å². The highest BCUT2D eigenvalue weighted by molar-refractivity contribution is 9.10. The van der Waals surface area contributed by atoms with Crippen LogP contribution in [0.4, 0.5) is 0 Å². The number of benzene rings is 1. The van der Waals surface area contributed by atoms with E-state index >= 15 is 0 Å². The van der Waals surface area contributed by atoms with Gasteiger partial charge in [0.15, 0.2) is 0 Å². The van der Waals surface area contributed by atoms with Crippen molar-refractivity contribution in [3.8, 4) is 0 Å². The third-order valence-corrected chi connectivity index (χ3v) is 6.52. The van der Waals surface area contributed by atoms with Crippen molar-refractivity contribution in [1.29, 1.82) is 0 Å². The highest BCUT2D eigenvalue weighted by Gasteiger charge is 2.28. The fraction of sp³-hybridized carbons (Fsp3) is 0.600. The molecule has 20 heavy (non-hydrogen) atoms. The first-order valence-corrected chi connectivity index (χ1v) is 9.35. The molecule has 0 aliphatic heterocycles. The van der Waals surface area contributed by atoms with Gasteiger partial charge in [0, 0.05) is 10.5 Å². The maximum atomic E-state index is 12.5. The Morgan fingerprint density at radius 2 is 1.90 bits per heavy atom. The molecule has 0 aromatic heterocycles. The minimum absolute atomic E-state index is 0.0598. The lowest BCUT2D eigenvalue weighted by Gasteiger charge is -2.32. The molecule has 1 aliphatic carbocycles. The van der Waals surface area contributed by atoms with Crippen molar-refractivity contribution in [3.05, 3.63) is 28.2 Å². The summed E-state index contributed by atoms with van der Waals surface area (Å²) in [5.41, 5.74) is 0.776. The van der Waals surface area contributed by atoms with Crippen LogP contribution in [0.25, 0.3) is 0 Å². The molecule has 1 aromatic carbocycles. The van der Waals surface area contributed by atoms with Crippen molar-refractivity contribution in [2.24, 2.45) is 11.8 Å². The second-order valence-corrected chi connectivity index (χ2v) is 8.59. The van der Waals surface area contributed by atoms with E-state index < -0.39 is 10.0 Å². The SMILES string of the molecule is Cc1ccc(Br)cc1S(=O)(=O)NC1CCC(C)C(C)C1. The van der Waals surface area contributed by atoms with E-state index in [0.717, 1.165) is 29.3 Å². The highest BCUT2D eigenvalue weighted by Crippen LogP contribution is 2.30. The van der Waals surface area contributed by atoms with Gasteiger partial charge in [-0.3, -0.25) is 0 Å². The number of sulfonamides is 1. The molecule has 3 nitrogen and oxygen atoms in total. The third-order valence-electron chi connectivity index (χ3n) is 4.36. The average Bonchev–Trinajstić information content (AvgIpc) is 2.36. The second-order valence-electron chi connectivity index (χ2n) is 6.00. The van der Waals surface area contributed by atoms with Crippen LogP contribution in [0.3, 0.4) is 0 Å². The molecule has 1 N–H and O–H groups in total. The third kappa shape index (κ3) is 3.62. The van der Waals surface area contributed by atoms with E-state index in [2.05, 4.69) is 34.5 Å². The molecule has 1 aliphatic rings. The standard InChI is InChI=1S/C15H22BrNO2S/c1-10-5-7-14(8-12(10)3)17-20(18,19)15-9-13(16)6-4-11(15)2/h4,6,9-10,12,14,17H,5,7-8H2,1-3H3. The Morgan fingerprint density at radius 1 is 1.20 bits per heavy atom. The lowest BCUT2D eigenvalue weighted by Crippen LogP contribution is -2.40. The highest BCUT2D eigenvalue weighted by atomic mass is 79.9. The minimum Gasteiger partial charge on any atom is -0.208 e. The number of rotatable bonds is 3. The molecule has 1 saturated carbocycles.